The van der Waals surface area contributed by atoms with Gasteiger partial charge in [0, 0.05) is 43.1 Å². The van der Waals surface area contributed by atoms with Gasteiger partial charge in [-0.1, -0.05) is 158 Å². The molecule has 2 aliphatic rings. The van der Waals surface area contributed by atoms with Crippen LogP contribution in [0.3, 0.4) is 0 Å². The van der Waals surface area contributed by atoms with Crippen LogP contribution >= 0.6 is 7.14 Å². The van der Waals surface area contributed by atoms with Gasteiger partial charge in [0.05, 0.1) is 33.2 Å². The predicted molar refractivity (Wildman–Crippen MR) is 245 cm³/mol. The van der Waals surface area contributed by atoms with Crippen molar-refractivity contribution >= 4 is 66.7 Å². The van der Waals surface area contributed by atoms with Crippen LogP contribution < -0.4 is 15.9 Å². The van der Waals surface area contributed by atoms with E-state index in [1.54, 1.807) is 0 Å². The van der Waals surface area contributed by atoms with E-state index >= 15 is 4.57 Å². The molecule has 4 heteroatoms. The van der Waals surface area contributed by atoms with Gasteiger partial charge < -0.3 is 13.7 Å². The maximum atomic E-state index is 16.5. The molecule has 0 fully saturated rings. The predicted octanol–water partition coefficient (Wildman–Crippen LogP) is 12.2. The number of benzene rings is 9. The molecule has 4 heterocycles. The number of nitrogens with zero attached hydrogens (tertiary/aromatic N) is 2. The highest BCUT2D eigenvalue weighted by molar-refractivity contribution is 7.85. The number of para-hydroxylation sites is 5. The fourth-order valence-electron chi connectivity index (χ4n) is 10.8. The van der Waals surface area contributed by atoms with E-state index in [0.717, 1.165) is 49.5 Å². The molecule has 0 bridgehead atoms. The topological polar surface area (TPSA) is 26.9 Å². The number of rotatable bonds is 3. The second-order valence-corrected chi connectivity index (χ2v) is 18.6. The van der Waals surface area contributed by atoms with Crippen LogP contribution in [0.5, 0.6) is 0 Å². The molecule has 0 radical (unpaired) electrons. The monoisotopic (exact) mass is 770 g/mol. The molecule has 11 aromatic rings. The Balaban J connectivity index is 1.17. The van der Waals surface area contributed by atoms with Gasteiger partial charge in [-0.05, 0) is 88.0 Å². The number of fused-ring (bicyclic) bond motifs is 14. The maximum absolute atomic E-state index is 16.5. The Morgan fingerprint density at radius 2 is 0.932 bits per heavy atom. The summed E-state index contributed by atoms with van der Waals surface area (Å²) in [6.07, 6.45) is 0. The zero-order chi connectivity index (χ0) is 38.9. The second kappa shape index (κ2) is 11.9. The maximum Gasteiger partial charge on any atom is 0.171 e. The Kier molecular flexibility index (Phi) is 6.64. The molecule has 276 valence electrons. The molecule has 0 N–H and O–H groups in total. The summed E-state index contributed by atoms with van der Waals surface area (Å²) in [7, 11) is -3.36. The van der Waals surface area contributed by atoms with Gasteiger partial charge in [0.15, 0.2) is 7.14 Å². The normalized spacial score (nSPS) is 17.7. The summed E-state index contributed by atoms with van der Waals surface area (Å²) < 4.78 is 21.4. The first-order valence-electron chi connectivity index (χ1n) is 20.3. The van der Waals surface area contributed by atoms with Gasteiger partial charge in [-0.15, -0.1) is 0 Å². The minimum absolute atomic E-state index is 0.765. The smallest absolute Gasteiger partial charge is 0.171 e. The van der Waals surface area contributed by atoms with E-state index < -0.39 is 12.6 Å². The lowest BCUT2D eigenvalue weighted by molar-refractivity contribution is 0.590. The third-order valence-corrected chi connectivity index (χ3v) is 16.3. The fourth-order valence-corrected chi connectivity index (χ4v) is 14.0. The Bertz CT molecular complexity index is 3600. The molecule has 59 heavy (non-hydrogen) atoms. The summed E-state index contributed by atoms with van der Waals surface area (Å²) in [5.41, 5.74) is 13.0. The van der Waals surface area contributed by atoms with Crippen molar-refractivity contribution in [3.8, 4) is 22.5 Å². The molecule has 2 aliphatic heterocycles. The number of hydrogen-bond donors (Lipinski definition) is 0. The minimum atomic E-state index is -3.36. The van der Waals surface area contributed by atoms with Crippen LogP contribution in [0.15, 0.2) is 212 Å². The zero-order valence-corrected chi connectivity index (χ0v) is 32.9. The molecule has 13 rings (SSSR count). The first-order valence-corrected chi connectivity index (χ1v) is 22.0. The average Bonchev–Trinajstić information content (AvgIpc) is 3.83. The highest BCUT2D eigenvalue weighted by Crippen LogP contribution is 2.61. The molecular weight excluding hydrogens is 736 g/mol. The van der Waals surface area contributed by atoms with Crippen molar-refractivity contribution in [3.63, 3.8) is 0 Å². The lowest BCUT2D eigenvalue weighted by Crippen LogP contribution is -2.48. The molecule has 0 saturated heterocycles. The van der Waals surface area contributed by atoms with E-state index in [-0.39, 0.29) is 0 Å². The highest BCUT2D eigenvalue weighted by Gasteiger charge is 2.54. The van der Waals surface area contributed by atoms with Crippen LogP contribution in [0, 0.1) is 0 Å². The molecule has 0 aliphatic carbocycles. The second-order valence-electron chi connectivity index (χ2n) is 15.9. The van der Waals surface area contributed by atoms with Gasteiger partial charge in [-0.2, -0.15) is 0 Å². The van der Waals surface area contributed by atoms with Crippen molar-refractivity contribution in [2.45, 2.75) is 5.41 Å². The zero-order valence-electron chi connectivity index (χ0n) is 32.0. The summed E-state index contributed by atoms with van der Waals surface area (Å²) in [5, 5.41) is 7.51. The molecule has 2 aromatic heterocycles. The van der Waals surface area contributed by atoms with Crippen LogP contribution in [-0.4, -0.2) is 9.13 Å². The summed E-state index contributed by atoms with van der Waals surface area (Å²) >= 11 is 0. The number of hydrogen-bond acceptors (Lipinski definition) is 1. The fraction of sp³-hybridized carbons (Fsp3) is 0.0182. The molecule has 3 nitrogen and oxygen atoms in total. The van der Waals surface area contributed by atoms with Crippen LogP contribution in [0.4, 0.5) is 0 Å². The lowest BCUT2D eigenvalue weighted by Gasteiger charge is -2.47. The van der Waals surface area contributed by atoms with Gasteiger partial charge >= 0.3 is 0 Å². The molecule has 0 amide bonds. The molecule has 2 atom stereocenters. The summed E-state index contributed by atoms with van der Waals surface area (Å²) in [6, 6.07) is 76.2. The van der Waals surface area contributed by atoms with Gasteiger partial charge in [0.2, 0.25) is 0 Å². The van der Waals surface area contributed by atoms with Crippen molar-refractivity contribution in [2.24, 2.45) is 0 Å². The summed E-state index contributed by atoms with van der Waals surface area (Å²) in [4.78, 5) is 0. The Hall–Kier alpha value is -7.19. The van der Waals surface area contributed by atoms with E-state index in [0.29, 0.717) is 0 Å². The Morgan fingerprint density at radius 1 is 0.373 bits per heavy atom. The largest absolute Gasteiger partial charge is 0.309 e. The van der Waals surface area contributed by atoms with Crippen molar-refractivity contribution < 1.29 is 4.57 Å². The first kappa shape index (κ1) is 32.8. The van der Waals surface area contributed by atoms with E-state index in [1.165, 1.54) is 54.7 Å². The van der Waals surface area contributed by atoms with Gasteiger partial charge in [-0.25, -0.2) is 0 Å². The van der Waals surface area contributed by atoms with Crippen molar-refractivity contribution in [2.75, 3.05) is 0 Å². The Morgan fingerprint density at radius 3 is 1.75 bits per heavy atom. The highest BCUT2D eigenvalue weighted by atomic mass is 31.2. The van der Waals surface area contributed by atoms with Crippen LogP contribution in [0.1, 0.15) is 22.3 Å². The van der Waals surface area contributed by atoms with E-state index in [1.807, 2.05) is 18.2 Å². The third kappa shape index (κ3) is 4.15. The third-order valence-electron chi connectivity index (χ3n) is 13.2. The van der Waals surface area contributed by atoms with Crippen LogP contribution in [0.25, 0.3) is 66.1 Å². The molecule has 0 saturated carbocycles. The number of aromatic nitrogens is 2. The van der Waals surface area contributed by atoms with E-state index in [2.05, 4.69) is 203 Å². The quantitative estimate of drug-likeness (QED) is 0.164. The molecule has 1 spiro atoms. The molecular formula is C55H35N2OP. The van der Waals surface area contributed by atoms with Gasteiger partial charge in [0.25, 0.3) is 0 Å². The molecule has 9 aromatic carbocycles. The van der Waals surface area contributed by atoms with E-state index in [9.17, 15) is 0 Å². The minimum Gasteiger partial charge on any atom is -0.309 e. The summed E-state index contributed by atoms with van der Waals surface area (Å²) in [6.45, 7) is 0. The van der Waals surface area contributed by atoms with E-state index in [4.69, 9.17) is 0 Å². The van der Waals surface area contributed by atoms with Gasteiger partial charge in [-0.3, -0.25) is 0 Å². The summed E-state index contributed by atoms with van der Waals surface area (Å²) in [5.74, 6) is 0. The van der Waals surface area contributed by atoms with Crippen molar-refractivity contribution in [3.05, 3.63) is 235 Å². The van der Waals surface area contributed by atoms with Crippen LogP contribution in [0.2, 0.25) is 0 Å². The average molecular weight is 771 g/mol. The first-order chi connectivity index (χ1) is 29.2. The van der Waals surface area contributed by atoms with Crippen molar-refractivity contribution in [1.82, 2.24) is 9.13 Å². The SMILES string of the molecule is O=P1(c2ccccc2)c2ccccc2C2(c3ccccc3-n3c4ccccc4c4cccc2c43)c2cc(-c3ccc4c(c3)c3ccccc3n4-c3ccccc3)ccc21. The van der Waals surface area contributed by atoms with Crippen LogP contribution in [-0.2, 0) is 9.98 Å². The van der Waals surface area contributed by atoms with Gasteiger partial charge in [0.1, 0.15) is 0 Å². The Labute approximate surface area is 341 Å². The lowest BCUT2D eigenvalue weighted by atomic mass is 9.62. The standard InChI is InChI=1S/C55H35N2OP/c58-59(39-18-5-2-6-19-39)52-29-14-10-24-45(52)55(44-23-9-13-28-51(44)57-49-27-12-7-20-40(49)42-22-15-25-46(55)54(42)57)47-35-37(31-33-53(47)59)36-30-32-50-43(34-36)41-21-8-11-26-48(41)56(50)38-16-3-1-4-17-38/h1-35H. The molecule has 2 unspecified atom stereocenters. The van der Waals surface area contributed by atoms with Crippen molar-refractivity contribution in [1.29, 1.82) is 0 Å².